The smallest absolute Gasteiger partial charge is 0.223 e. The van der Waals surface area contributed by atoms with Crippen molar-refractivity contribution in [3.05, 3.63) is 54.1 Å². The summed E-state index contributed by atoms with van der Waals surface area (Å²) in [5, 5.41) is 6.52. The Morgan fingerprint density at radius 1 is 1.11 bits per heavy atom. The van der Waals surface area contributed by atoms with E-state index >= 15 is 0 Å². The standard InChI is InChI=1S/C22H24N4O.ClH/c27-21(17-13-22(17)9-11-23-12-10-22)24-14-15-5-7-16(8-6-15)20-25-18-3-1-2-4-19(18)26-20;/h1-8,17,23H,9-14H2,(H,24,27)(H,25,26);1H. The van der Waals surface area contributed by atoms with E-state index in [9.17, 15) is 4.79 Å². The minimum absolute atomic E-state index is 0. The monoisotopic (exact) mass is 396 g/mol. The molecule has 1 aromatic heterocycles. The summed E-state index contributed by atoms with van der Waals surface area (Å²) in [6.45, 7) is 2.68. The van der Waals surface area contributed by atoms with E-state index in [0.717, 1.165) is 60.3 Å². The minimum Gasteiger partial charge on any atom is -0.352 e. The van der Waals surface area contributed by atoms with Gasteiger partial charge in [0.2, 0.25) is 5.91 Å². The van der Waals surface area contributed by atoms with E-state index in [0.29, 0.717) is 12.0 Å². The highest BCUT2D eigenvalue weighted by Gasteiger charge is 2.57. The Hall–Kier alpha value is -2.37. The number of aromatic amines is 1. The van der Waals surface area contributed by atoms with Crippen molar-refractivity contribution in [2.45, 2.75) is 25.8 Å². The largest absolute Gasteiger partial charge is 0.352 e. The second-order valence-corrected chi connectivity index (χ2v) is 7.89. The fraction of sp³-hybridized carbons (Fsp3) is 0.364. The molecule has 1 atom stereocenters. The highest BCUT2D eigenvalue weighted by molar-refractivity contribution is 5.85. The first-order valence-electron chi connectivity index (χ1n) is 9.76. The van der Waals surface area contributed by atoms with Crippen LogP contribution in [-0.2, 0) is 11.3 Å². The van der Waals surface area contributed by atoms with Gasteiger partial charge in [-0.2, -0.15) is 0 Å². The number of amides is 1. The number of benzene rings is 2. The zero-order valence-electron chi connectivity index (χ0n) is 15.7. The molecule has 2 aromatic carbocycles. The van der Waals surface area contributed by atoms with Crippen LogP contribution in [0.3, 0.4) is 0 Å². The van der Waals surface area contributed by atoms with Crippen LogP contribution in [0, 0.1) is 11.3 Å². The van der Waals surface area contributed by atoms with Crippen molar-refractivity contribution in [3.63, 3.8) is 0 Å². The number of hydrogen-bond acceptors (Lipinski definition) is 3. The van der Waals surface area contributed by atoms with Crippen molar-refractivity contribution in [2.24, 2.45) is 11.3 Å². The summed E-state index contributed by atoms with van der Waals surface area (Å²) >= 11 is 0. The van der Waals surface area contributed by atoms with Gasteiger partial charge in [-0.15, -0.1) is 12.4 Å². The third kappa shape index (κ3) is 3.52. The lowest BCUT2D eigenvalue weighted by Crippen LogP contribution is -2.33. The molecule has 6 heteroatoms. The first-order chi connectivity index (χ1) is 13.2. The van der Waals surface area contributed by atoms with Crippen LogP contribution in [0.5, 0.6) is 0 Å². The topological polar surface area (TPSA) is 69.8 Å². The van der Waals surface area contributed by atoms with Gasteiger partial charge in [-0.25, -0.2) is 4.98 Å². The second-order valence-electron chi connectivity index (χ2n) is 7.89. The number of carbonyl (C=O) groups is 1. The van der Waals surface area contributed by atoms with E-state index < -0.39 is 0 Å². The number of nitrogens with one attached hydrogen (secondary N) is 3. The summed E-state index contributed by atoms with van der Waals surface area (Å²) in [6, 6.07) is 16.3. The fourth-order valence-corrected chi connectivity index (χ4v) is 4.38. The molecule has 2 fully saturated rings. The van der Waals surface area contributed by atoms with Gasteiger partial charge in [-0.1, -0.05) is 36.4 Å². The number of rotatable bonds is 4. The number of halogens is 1. The summed E-state index contributed by atoms with van der Waals surface area (Å²) < 4.78 is 0. The molecule has 1 amide bonds. The van der Waals surface area contributed by atoms with Crippen LogP contribution in [0.15, 0.2) is 48.5 Å². The second kappa shape index (κ2) is 7.57. The highest BCUT2D eigenvalue weighted by atomic mass is 35.5. The molecule has 1 aliphatic heterocycles. The molecule has 1 spiro atoms. The average molecular weight is 397 g/mol. The SMILES string of the molecule is Cl.O=C(NCc1ccc(-c2nc3ccccc3[nH]2)cc1)C1CC12CCNCC2. The summed E-state index contributed by atoms with van der Waals surface area (Å²) in [5.74, 6) is 1.31. The Labute approximate surface area is 170 Å². The fourth-order valence-electron chi connectivity index (χ4n) is 4.38. The number of nitrogens with zero attached hydrogens (tertiary/aromatic N) is 1. The molecule has 3 aromatic rings. The van der Waals surface area contributed by atoms with Gasteiger partial charge < -0.3 is 15.6 Å². The highest BCUT2D eigenvalue weighted by Crippen LogP contribution is 2.58. The third-order valence-corrected chi connectivity index (χ3v) is 6.19. The van der Waals surface area contributed by atoms with Gasteiger partial charge in [0, 0.05) is 18.0 Å². The molecule has 1 saturated heterocycles. The van der Waals surface area contributed by atoms with E-state index in [-0.39, 0.29) is 24.2 Å². The van der Waals surface area contributed by atoms with E-state index in [1.54, 1.807) is 0 Å². The Balaban J connectivity index is 0.00000192. The number of H-pyrrole nitrogens is 1. The molecule has 5 nitrogen and oxygen atoms in total. The minimum atomic E-state index is 0. The van der Waals surface area contributed by atoms with Crippen molar-refractivity contribution >= 4 is 29.3 Å². The van der Waals surface area contributed by atoms with Crippen LogP contribution in [0.2, 0.25) is 0 Å². The lowest BCUT2D eigenvalue weighted by molar-refractivity contribution is -0.123. The summed E-state index contributed by atoms with van der Waals surface area (Å²) in [6.07, 6.45) is 3.33. The van der Waals surface area contributed by atoms with Gasteiger partial charge in [0.15, 0.2) is 0 Å². The molecule has 1 saturated carbocycles. The van der Waals surface area contributed by atoms with Crippen molar-refractivity contribution in [1.82, 2.24) is 20.6 Å². The summed E-state index contributed by atoms with van der Waals surface area (Å²) in [4.78, 5) is 20.5. The van der Waals surface area contributed by atoms with Crippen molar-refractivity contribution in [1.29, 1.82) is 0 Å². The third-order valence-electron chi connectivity index (χ3n) is 6.19. The first-order valence-corrected chi connectivity index (χ1v) is 9.76. The van der Waals surface area contributed by atoms with Crippen molar-refractivity contribution in [3.8, 4) is 11.4 Å². The number of para-hydroxylation sites is 2. The zero-order valence-corrected chi connectivity index (χ0v) is 16.5. The lowest BCUT2D eigenvalue weighted by Gasteiger charge is -2.23. The van der Waals surface area contributed by atoms with Crippen LogP contribution in [0.4, 0.5) is 0 Å². The molecule has 1 aliphatic carbocycles. The van der Waals surface area contributed by atoms with Crippen LogP contribution in [0.1, 0.15) is 24.8 Å². The Morgan fingerprint density at radius 3 is 2.61 bits per heavy atom. The molecule has 0 bridgehead atoms. The number of hydrogen-bond donors (Lipinski definition) is 3. The van der Waals surface area contributed by atoms with Gasteiger partial charge in [-0.05, 0) is 55.5 Å². The molecule has 3 N–H and O–H groups in total. The lowest BCUT2D eigenvalue weighted by atomic mass is 9.92. The average Bonchev–Trinajstić information content (AvgIpc) is 3.22. The number of imidazole rings is 1. The number of fused-ring (bicyclic) bond motifs is 1. The quantitative estimate of drug-likeness (QED) is 0.630. The maximum absolute atomic E-state index is 12.5. The Kier molecular flexibility index (Phi) is 5.13. The molecule has 0 radical (unpaired) electrons. The molecule has 1 unspecified atom stereocenters. The Morgan fingerprint density at radius 2 is 1.86 bits per heavy atom. The predicted octanol–water partition coefficient (Wildman–Crippen LogP) is 3.66. The van der Waals surface area contributed by atoms with Gasteiger partial charge in [0.05, 0.1) is 11.0 Å². The maximum Gasteiger partial charge on any atom is 0.223 e. The number of carbonyl (C=O) groups excluding carboxylic acids is 1. The van der Waals surface area contributed by atoms with Gasteiger partial charge in [-0.3, -0.25) is 4.79 Å². The number of piperidine rings is 1. The van der Waals surface area contributed by atoms with Crippen molar-refractivity contribution in [2.75, 3.05) is 13.1 Å². The van der Waals surface area contributed by atoms with Crippen LogP contribution < -0.4 is 10.6 Å². The van der Waals surface area contributed by atoms with Crippen molar-refractivity contribution < 1.29 is 4.79 Å². The predicted molar refractivity (Wildman–Crippen MR) is 113 cm³/mol. The molecular weight excluding hydrogens is 372 g/mol. The van der Waals surface area contributed by atoms with E-state index in [1.165, 1.54) is 0 Å². The number of aromatic nitrogens is 2. The van der Waals surface area contributed by atoms with Crippen LogP contribution in [0.25, 0.3) is 22.4 Å². The molecule has 5 rings (SSSR count). The molecule has 28 heavy (non-hydrogen) atoms. The first kappa shape index (κ1) is 19.0. The summed E-state index contributed by atoms with van der Waals surface area (Å²) in [5.41, 5.74) is 4.47. The Bertz CT molecular complexity index is 943. The van der Waals surface area contributed by atoms with Gasteiger partial charge in [0.1, 0.15) is 5.82 Å². The zero-order chi connectivity index (χ0) is 18.3. The summed E-state index contributed by atoms with van der Waals surface area (Å²) in [7, 11) is 0. The van der Waals surface area contributed by atoms with Crippen LogP contribution in [-0.4, -0.2) is 29.0 Å². The van der Waals surface area contributed by atoms with E-state index in [2.05, 4.69) is 44.9 Å². The van der Waals surface area contributed by atoms with E-state index in [1.807, 2.05) is 24.3 Å². The molecule has 2 aliphatic rings. The maximum atomic E-state index is 12.5. The molecule has 146 valence electrons. The van der Waals surface area contributed by atoms with Gasteiger partial charge in [0.25, 0.3) is 0 Å². The van der Waals surface area contributed by atoms with E-state index in [4.69, 9.17) is 0 Å². The van der Waals surface area contributed by atoms with Gasteiger partial charge >= 0.3 is 0 Å². The molecular formula is C22H25ClN4O. The van der Waals surface area contributed by atoms with Crippen LogP contribution >= 0.6 is 12.4 Å². The molecule has 2 heterocycles. The normalized spacial score (nSPS) is 19.9.